The van der Waals surface area contributed by atoms with Crippen molar-refractivity contribution in [3.8, 4) is 0 Å². The Morgan fingerprint density at radius 2 is 2.33 bits per heavy atom. The highest BCUT2D eigenvalue weighted by Crippen LogP contribution is 2.16. The van der Waals surface area contributed by atoms with Gasteiger partial charge in [0, 0.05) is 30.7 Å². The minimum Gasteiger partial charge on any atom is -0.392 e. The topological polar surface area (TPSA) is 38.1 Å². The molecule has 0 aliphatic heterocycles. The van der Waals surface area contributed by atoms with Crippen LogP contribution in [0.3, 0.4) is 0 Å². The standard InChI is InChI=1S/C11H20N2OS/c1-4-9(2)15-8-11(14)5-10-6-12-13(3)7-10/h6-7,9,11,14H,4-5,8H2,1-3H3. The fourth-order valence-corrected chi connectivity index (χ4v) is 2.21. The smallest absolute Gasteiger partial charge is 0.0672 e. The van der Waals surface area contributed by atoms with E-state index in [0.717, 1.165) is 17.7 Å². The summed E-state index contributed by atoms with van der Waals surface area (Å²) in [5, 5.41) is 14.5. The van der Waals surface area contributed by atoms with Crippen LogP contribution in [0.25, 0.3) is 0 Å². The first-order chi connectivity index (χ1) is 7.11. The monoisotopic (exact) mass is 228 g/mol. The fourth-order valence-electron chi connectivity index (χ4n) is 1.30. The molecule has 1 aromatic rings. The minimum atomic E-state index is -0.256. The van der Waals surface area contributed by atoms with E-state index < -0.39 is 0 Å². The zero-order valence-corrected chi connectivity index (χ0v) is 10.5. The van der Waals surface area contributed by atoms with Gasteiger partial charge < -0.3 is 5.11 Å². The van der Waals surface area contributed by atoms with Crippen molar-refractivity contribution in [2.45, 2.75) is 38.0 Å². The van der Waals surface area contributed by atoms with Crippen molar-refractivity contribution in [1.82, 2.24) is 9.78 Å². The lowest BCUT2D eigenvalue weighted by Crippen LogP contribution is -2.15. The number of nitrogens with zero attached hydrogens (tertiary/aromatic N) is 2. The van der Waals surface area contributed by atoms with Gasteiger partial charge in [-0.2, -0.15) is 16.9 Å². The lowest BCUT2D eigenvalue weighted by atomic mass is 10.2. The summed E-state index contributed by atoms with van der Waals surface area (Å²) in [6.07, 6.45) is 5.38. The molecule has 3 nitrogen and oxygen atoms in total. The summed E-state index contributed by atoms with van der Waals surface area (Å²) >= 11 is 1.83. The molecule has 86 valence electrons. The number of aryl methyl sites for hydroxylation is 1. The second-order valence-electron chi connectivity index (χ2n) is 3.93. The van der Waals surface area contributed by atoms with Gasteiger partial charge in [0.2, 0.25) is 0 Å². The van der Waals surface area contributed by atoms with Crippen LogP contribution in [0, 0.1) is 0 Å². The average molecular weight is 228 g/mol. The van der Waals surface area contributed by atoms with Gasteiger partial charge in [0.15, 0.2) is 0 Å². The first-order valence-corrected chi connectivity index (χ1v) is 6.44. The predicted molar refractivity (Wildman–Crippen MR) is 65.1 cm³/mol. The van der Waals surface area contributed by atoms with Crippen LogP contribution >= 0.6 is 11.8 Å². The Kier molecular flexibility index (Phi) is 5.19. The highest BCUT2D eigenvalue weighted by Gasteiger charge is 2.09. The molecule has 15 heavy (non-hydrogen) atoms. The van der Waals surface area contributed by atoms with E-state index in [4.69, 9.17) is 0 Å². The minimum absolute atomic E-state index is 0.256. The van der Waals surface area contributed by atoms with Crippen molar-refractivity contribution in [3.63, 3.8) is 0 Å². The largest absolute Gasteiger partial charge is 0.392 e. The Bertz CT molecular complexity index is 288. The quantitative estimate of drug-likeness (QED) is 0.807. The van der Waals surface area contributed by atoms with Crippen molar-refractivity contribution in [2.24, 2.45) is 7.05 Å². The second-order valence-corrected chi connectivity index (χ2v) is 5.40. The molecule has 1 aromatic heterocycles. The Morgan fingerprint density at radius 1 is 1.60 bits per heavy atom. The van der Waals surface area contributed by atoms with Gasteiger partial charge in [-0.25, -0.2) is 0 Å². The highest BCUT2D eigenvalue weighted by molar-refractivity contribution is 7.99. The second kappa shape index (κ2) is 6.18. The molecule has 1 N–H and O–H groups in total. The van der Waals surface area contributed by atoms with Crippen LogP contribution in [0.4, 0.5) is 0 Å². The molecule has 0 aromatic carbocycles. The van der Waals surface area contributed by atoms with Crippen molar-refractivity contribution in [1.29, 1.82) is 0 Å². The van der Waals surface area contributed by atoms with Gasteiger partial charge >= 0.3 is 0 Å². The summed E-state index contributed by atoms with van der Waals surface area (Å²) in [6, 6.07) is 0. The first kappa shape index (κ1) is 12.6. The maximum absolute atomic E-state index is 9.80. The Morgan fingerprint density at radius 3 is 2.87 bits per heavy atom. The van der Waals surface area contributed by atoms with Crippen LogP contribution in [0.2, 0.25) is 0 Å². The molecule has 0 fully saturated rings. The number of thioether (sulfide) groups is 1. The van der Waals surface area contributed by atoms with Gasteiger partial charge in [0.05, 0.1) is 12.3 Å². The van der Waals surface area contributed by atoms with Gasteiger partial charge in [-0.05, 0) is 12.0 Å². The van der Waals surface area contributed by atoms with E-state index in [0.29, 0.717) is 11.7 Å². The van der Waals surface area contributed by atoms with Crippen LogP contribution in [-0.2, 0) is 13.5 Å². The van der Waals surface area contributed by atoms with Gasteiger partial charge in [-0.15, -0.1) is 0 Å². The molecule has 0 bridgehead atoms. The van der Waals surface area contributed by atoms with Crippen molar-refractivity contribution < 1.29 is 5.11 Å². The molecule has 2 atom stereocenters. The SMILES string of the molecule is CCC(C)SCC(O)Cc1cnn(C)c1. The van der Waals surface area contributed by atoms with Crippen molar-refractivity contribution >= 4 is 11.8 Å². The first-order valence-electron chi connectivity index (χ1n) is 5.39. The number of rotatable bonds is 6. The maximum Gasteiger partial charge on any atom is 0.0672 e. The Balaban J connectivity index is 2.27. The molecule has 1 heterocycles. The third-order valence-electron chi connectivity index (χ3n) is 2.38. The van der Waals surface area contributed by atoms with Crippen molar-refractivity contribution in [2.75, 3.05) is 5.75 Å². The highest BCUT2D eigenvalue weighted by atomic mass is 32.2. The van der Waals surface area contributed by atoms with E-state index in [1.807, 2.05) is 31.2 Å². The van der Waals surface area contributed by atoms with Crippen LogP contribution in [-0.4, -0.2) is 32.0 Å². The van der Waals surface area contributed by atoms with E-state index in [9.17, 15) is 5.11 Å². The predicted octanol–water partition coefficient (Wildman–Crippen LogP) is 1.86. The van der Waals surface area contributed by atoms with E-state index in [-0.39, 0.29) is 6.10 Å². The van der Waals surface area contributed by atoms with E-state index in [2.05, 4.69) is 18.9 Å². The molecule has 0 amide bonds. The summed E-state index contributed by atoms with van der Waals surface area (Å²) < 4.78 is 1.77. The van der Waals surface area contributed by atoms with E-state index in [1.165, 1.54) is 0 Å². The van der Waals surface area contributed by atoms with Crippen LogP contribution in [0.5, 0.6) is 0 Å². The Hall–Kier alpha value is -0.480. The summed E-state index contributed by atoms with van der Waals surface area (Å²) in [5.74, 6) is 0.809. The molecule has 0 saturated carbocycles. The zero-order chi connectivity index (χ0) is 11.3. The summed E-state index contributed by atoms with van der Waals surface area (Å²) in [6.45, 7) is 4.37. The zero-order valence-electron chi connectivity index (χ0n) is 9.68. The molecular weight excluding hydrogens is 208 g/mol. The third kappa shape index (κ3) is 4.71. The lowest BCUT2D eigenvalue weighted by molar-refractivity contribution is 0.200. The summed E-state index contributed by atoms with van der Waals surface area (Å²) in [5.41, 5.74) is 1.11. The molecule has 4 heteroatoms. The molecule has 0 aliphatic carbocycles. The van der Waals surface area contributed by atoms with Gasteiger partial charge in [0.25, 0.3) is 0 Å². The molecule has 2 unspecified atom stereocenters. The lowest BCUT2D eigenvalue weighted by Gasteiger charge is -2.12. The molecule has 0 saturated heterocycles. The fraction of sp³-hybridized carbons (Fsp3) is 0.727. The maximum atomic E-state index is 9.80. The number of hydrogen-bond acceptors (Lipinski definition) is 3. The van der Waals surface area contributed by atoms with Gasteiger partial charge in [-0.3, -0.25) is 4.68 Å². The molecule has 0 aliphatic rings. The average Bonchev–Trinajstić information content (AvgIpc) is 2.60. The molecule has 0 spiro atoms. The molecule has 0 radical (unpaired) electrons. The number of hydrogen-bond donors (Lipinski definition) is 1. The Labute approximate surface area is 95.9 Å². The van der Waals surface area contributed by atoms with Gasteiger partial charge in [0.1, 0.15) is 0 Å². The summed E-state index contributed by atoms with van der Waals surface area (Å²) in [4.78, 5) is 0. The summed E-state index contributed by atoms with van der Waals surface area (Å²) in [7, 11) is 1.89. The van der Waals surface area contributed by atoms with Crippen molar-refractivity contribution in [3.05, 3.63) is 18.0 Å². The van der Waals surface area contributed by atoms with E-state index >= 15 is 0 Å². The number of aliphatic hydroxyl groups is 1. The van der Waals surface area contributed by atoms with Crippen LogP contribution < -0.4 is 0 Å². The van der Waals surface area contributed by atoms with Crippen LogP contribution in [0.1, 0.15) is 25.8 Å². The molecule has 1 rings (SSSR count). The number of aromatic nitrogens is 2. The van der Waals surface area contributed by atoms with Gasteiger partial charge in [-0.1, -0.05) is 13.8 Å². The number of aliphatic hydroxyl groups excluding tert-OH is 1. The van der Waals surface area contributed by atoms with E-state index in [1.54, 1.807) is 4.68 Å². The third-order valence-corrected chi connectivity index (χ3v) is 3.86. The van der Waals surface area contributed by atoms with Crippen LogP contribution in [0.15, 0.2) is 12.4 Å². The normalized spacial score (nSPS) is 15.2. The molecular formula is C11H20N2OS.